The molecule has 2 rings (SSSR count). The minimum Gasteiger partial charge on any atom is -0.335 e. The van der Waals surface area contributed by atoms with E-state index < -0.39 is 0 Å². The first kappa shape index (κ1) is 8.94. The Bertz CT molecular complexity index is 511. The van der Waals surface area contributed by atoms with Crippen LogP contribution >= 0.6 is 0 Å². The van der Waals surface area contributed by atoms with Crippen molar-refractivity contribution in [1.82, 2.24) is 9.55 Å². The van der Waals surface area contributed by atoms with E-state index in [0.29, 0.717) is 0 Å². The highest BCUT2D eigenvalue weighted by molar-refractivity contribution is 6.06. The van der Waals surface area contributed by atoms with Gasteiger partial charge in [0, 0.05) is 30.4 Å². The third-order valence-electron chi connectivity index (χ3n) is 2.33. The van der Waals surface area contributed by atoms with Gasteiger partial charge in [0.25, 0.3) is 0 Å². The van der Waals surface area contributed by atoms with Gasteiger partial charge in [0.05, 0.1) is 0 Å². The first-order chi connectivity index (χ1) is 6.59. The zero-order chi connectivity index (χ0) is 10.3. The lowest BCUT2D eigenvalue weighted by atomic mass is 10.1. The lowest BCUT2D eigenvalue weighted by Gasteiger charge is -1.95. The fourth-order valence-electron chi connectivity index (χ4n) is 1.65. The first-order valence-corrected chi connectivity index (χ1v) is 4.52. The number of hydrogen-bond donors (Lipinski definition) is 0. The monoisotopic (exact) mass is 188 g/mol. The van der Waals surface area contributed by atoms with Gasteiger partial charge in [-0.2, -0.15) is 0 Å². The summed E-state index contributed by atoms with van der Waals surface area (Å²) in [7, 11) is 1.90. The number of fused-ring (bicyclic) bond motifs is 1. The van der Waals surface area contributed by atoms with Crippen molar-refractivity contribution < 1.29 is 4.79 Å². The Morgan fingerprint density at radius 3 is 2.86 bits per heavy atom. The van der Waals surface area contributed by atoms with E-state index in [0.717, 1.165) is 22.2 Å². The van der Waals surface area contributed by atoms with Gasteiger partial charge in [-0.05, 0) is 25.5 Å². The quantitative estimate of drug-likeness (QED) is 0.642. The van der Waals surface area contributed by atoms with Crippen LogP contribution in [-0.2, 0) is 7.05 Å². The van der Waals surface area contributed by atoms with Crippen LogP contribution in [0.2, 0.25) is 0 Å². The van der Waals surface area contributed by atoms with E-state index in [1.807, 2.05) is 37.0 Å². The van der Waals surface area contributed by atoms with E-state index in [4.69, 9.17) is 0 Å². The van der Waals surface area contributed by atoms with Crippen molar-refractivity contribution in [2.75, 3.05) is 0 Å². The summed E-state index contributed by atoms with van der Waals surface area (Å²) in [5.74, 6) is 0.0861. The molecule has 0 unspecified atom stereocenters. The number of hydrogen-bond acceptors (Lipinski definition) is 2. The van der Waals surface area contributed by atoms with Crippen molar-refractivity contribution in [1.29, 1.82) is 0 Å². The molecule has 2 aromatic heterocycles. The topological polar surface area (TPSA) is 34.9 Å². The highest BCUT2D eigenvalue weighted by atomic mass is 16.1. The van der Waals surface area contributed by atoms with Gasteiger partial charge < -0.3 is 4.57 Å². The number of Topliss-reactive ketones (excluding diaryl/α,β-unsaturated/α-hetero) is 1. The number of ketones is 1. The normalized spacial score (nSPS) is 10.8. The summed E-state index contributed by atoms with van der Waals surface area (Å²) < 4.78 is 1.88. The third-order valence-corrected chi connectivity index (χ3v) is 2.33. The minimum absolute atomic E-state index is 0.0861. The van der Waals surface area contributed by atoms with Gasteiger partial charge in [0.15, 0.2) is 5.78 Å². The predicted octanol–water partition coefficient (Wildman–Crippen LogP) is 2.08. The largest absolute Gasteiger partial charge is 0.335 e. The molecule has 0 radical (unpaired) electrons. The Kier molecular flexibility index (Phi) is 1.88. The van der Waals surface area contributed by atoms with Crippen LogP contribution in [0.4, 0.5) is 0 Å². The molecule has 0 aliphatic rings. The van der Waals surface area contributed by atoms with Crippen LogP contribution in [0.5, 0.6) is 0 Å². The van der Waals surface area contributed by atoms with Crippen LogP contribution in [0, 0.1) is 6.92 Å². The van der Waals surface area contributed by atoms with E-state index in [1.165, 1.54) is 0 Å². The van der Waals surface area contributed by atoms with E-state index in [1.54, 1.807) is 6.92 Å². The van der Waals surface area contributed by atoms with Crippen molar-refractivity contribution in [2.45, 2.75) is 13.8 Å². The Balaban J connectivity index is 2.85. The average molecular weight is 188 g/mol. The molecule has 14 heavy (non-hydrogen) atoms. The molecule has 0 bridgehead atoms. The molecule has 0 saturated heterocycles. The summed E-state index contributed by atoms with van der Waals surface area (Å²) in [4.78, 5) is 15.6. The van der Waals surface area contributed by atoms with Crippen molar-refractivity contribution in [3.8, 4) is 0 Å². The number of carbonyl (C=O) groups is 1. The maximum absolute atomic E-state index is 11.3. The first-order valence-electron chi connectivity index (χ1n) is 4.52. The number of pyridine rings is 1. The number of nitrogens with zero attached hydrogens (tertiary/aromatic N) is 2. The van der Waals surface area contributed by atoms with Crippen molar-refractivity contribution in [3.05, 3.63) is 29.6 Å². The second-order valence-corrected chi connectivity index (χ2v) is 3.59. The Morgan fingerprint density at radius 1 is 1.50 bits per heavy atom. The Morgan fingerprint density at radius 2 is 2.21 bits per heavy atom. The molecule has 0 atom stereocenters. The molecular formula is C11H12N2O. The lowest BCUT2D eigenvalue weighted by Crippen LogP contribution is -1.89. The molecule has 0 saturated carbocycles. The van der Waals surface area contributed by atoms with Crippen LogP contribution in [0.3, 0.4) is 0 Å². The zero-order valence-electron chi connectivity index (χ0n) is 8.53. The molecule has 0 amide bonds. The fourth-order valence-corrected chi connectivity index (χ4v) is 1.65. The van der Waals surface area contributed by atoms with Crippen LogP contribution in [0.15, 0.2) is 18.5 Å². The second-order valence-electron chi connectivity index (χ2n) is 3.59. The summed E-state index contributed by atoms with van der Waals surface area (Å²) in [5, 5.41) is 0.944. The molecular weight excluding hydrogens is 176 g/mol. The number of carbonyl (C=O) groups excluding carboxylic acids is 1. The van der Waals surface area contributed by atoms with Gasteiger partial charge in [-0.15, -0.1) is 0 Å². The van der Waals surface area contributed by atoms with Gasteiger partial charge in [-0.3, -0.25) is 4.79 Å². The van der Waals surface area contributed by atoms with Crippen molar-refractivity contribution >= 4 is 16.8 Å². The summed E-state index contributed by atoms with van der Waals surface area (Å²) in [6.07, 6.45) is 3.64. The fraction of sp³-hybridized carbons (Fsp3) is 0.273. The smallest absolute Gasteiger partial charge is 0.162 e. The maximum atomic E-state index is 11.3. The number of aryl methyl sites for hydroxylation is 2. The van der Waals surface area contributed by atoms with E-state index in [-0.39, 0.29) is 5.78 Å². The zero-order valence-corrected chi connectivity index (χ0v) is 8.53. The molecule has 0 aliphatic heterocycles. The molecule has 3 nitrogen and oxygen atoms in total. The number of aromatic nitrogens is 2. The second kappa shape index (κ2) is 2.94. The summed E-state index contributed by atoms with van der Waals surface area (Å²) in [5.41, 5.74) is 2.69. The summed E-state index contributed by atoms with van der Waals surface area (Å²) in [6.45, 7) is 3.56. The molecule has 72 valence electrons. The highest BCUT2D eigenvalue weighted by Gasteiger charge is 2.10. The highest BCUT2D eigenvalue weighted by Crippen LogP contribution is 2.19. The van der Waals surface area contributed by atoms with E-state index in [2.05, 4.69) is 4.98 Å². The molecule has 0 fully saturated rings. The lowest BCUT2D eigenvalue weighted by molar-refractivity contribution is 0.101. The maximum Gasteiger partial charge on any atom is 0.162 e. The van der Waals surface area contributed by atoms with Gasteiger partial charge in [0.1, 0.15) is 5.65 Å². The predicted molar refractivity (Wildman–Crippen MR) is 55.5 cm³/mol. The molecule has 0 N–H and O–H groups in total. The number of rotatable bonds is 1. The van der Waals surface area contributed by atoms with E-state index in [9.17, 15) is 4.79 Å². The Hall–Kier alpha value is -1.64. The van der Waals surface area contributed by atoms with Gasteiger partial charge in [0.2, 0.25) is 0 Å². The van der Waals surface area contributed by atoms with Crippen LogP contribution in [-0.4, -0.2) is 15.3 Å². The van der Waals surface area contributed by atoms with Crippen LogP contribution in [0.1, 0.15) is 22.8 Å². The molecule has 2 aromatic rings. The Labute approximate surface area is 82.4 Å². The average Bonchev–Trinajstić information content (AvgIpc) is 2.43. The minimum atomic E-state index is 0.0861. The van der Waals surface area contributed by atoms with Crippen LogP contribution < -0.4 is 0 Å². The van der Waals surface area contributed by atoms with Gasteiger partial charge in [-0.25, -0.2) is 4.98 Å². The van der Waals surface area contributed by atoms with Gasteiger partial charge in [-0.1, -0.05) is 0 Å². The van der Waals surface area contributed by atoms with Crippen molar-refractivity contribution in [3.63, 3.8) is 0 Å². The van der Waals surface area contributed by atoms with Crippen LogP contribution in [0.25, 0.3) is 11.0 Å². The SMILES string of the molecule is CC(=O)c1cn(C)c2ncc(C)cc12. The molecule has 0 spiro atoms. The summed E-state index contributed by atoms with van der Waals surface area (Å²) in [6, 6.07) is 2.00. The third kappa shape index (κ3) is 1.21. The van der Waals surface area contributed by atoms with Gasteiger partial charge >= 0.3 is 0 Å². The molecule has 0 aromatic carbocycles. The molecule has 0 aliphatic carbocycles. The van der Waals surface area contributed by atoms with E-state index >= 15 is 0 Å². The van der Waals surface area contributed by atoms with Crippen molar-refractivity contribution in [2.24, 2.45) is 7.05 Å². The molecule has 3 heteroatoms. The molecule has 2 heterocycles. The summed E-state index contributed by atoms with van der Waals surface area (Å²) >= 11 is 0. The standard InChI is InChI=1S/C11H12N2O/c1-7-4-9-10(8(2)14)6-13(3)11(9)12-5-7/h4-6H,1-3H3.